The number of aromatic nitrogens is 2. The molecule has 0 bridgehead atoms. The molecule has 1 saturated heterocycles. The normalized spacial score (nSPS) is 15.9. The Morgan fingerprint density at radius 3 is 1.77 bits per heavy atom. The van der Waals surface area contributed by atoms with E-state index in [1.807, 2.05) is 85.8 Å². The molecule has 0 radical (unpaired) electrons. The molecule has 14 nitrogen and oxygen atoms in total. The average molecular weight is 1160 g/mol. The smallest absolute Gasteiger partial charge is 0.418 e. The number of hydrogen-bond donors (Lipinski definition) is 1. The first-order valence-electron chi connectivity index (χ1n) is 26.6. The molecule has 434 valence electrons. The largest absolute Gasteiger partial charge is 0.497 e. The fourth-order valence-corrected chi connectivity index (χ4v) is 10.9. The molecule has 3 aliphatic heterocycles. The van der Waals surface area contributed by atoms with Crippen LogP contribution in [0.1, 0.15) is 58.3 Å². The molecule has 5 heterocycles. The van der Waals surface area contributed by atoms with Crippen LogP contribution in [0.4, 0.5) is 37.8 Å². The number of nitrogens with zero attached hydrogens (tertiary/aromatic N) is 7. The molecular formula is C62H61ClF6N8O6. The molecule has 3 aliphatic rings. The Bertz CT molecular complexity index is 3540. The van der Waals surface area contributed by atoms with Crippen LogP contribution in [0.2, 0.25) is 5.02 Å². The summed E-state index contributed by atoms with van der Waals surface area (Å²) in [5.41, 5.74) is 1.90. The van der Waals surface area contributed by atoms with Gasteiger partial charge in [0.15, 0.2) is 11.6 Å². The minimum Gasteiger partial charge on any atom is -0.497 e. The first-order chi connectivity index (χ1) is 39.8. The Morgan fingerprint density at radius 1 is 0.771 bits per heavy atom. The Kier molecular flexibility index (Phi) is 16.9. The van der Waals surface area contributed by atoms with Gasteiger partial charge in [-0.25, -0.2) is 18.2 Å². The Balaban J connectivity index is 1.11. The highest BCUT2D eigenvalue weighted by Gasteiger charge is 2.44. The number of likely N-dealkylation sites (tertiary alicyclic amines) is 1. The molecule has 5 aromatic carbocycles. The van der Waals surface area contributed by atoms with Crippen LogP contribution in [0.5, 0.6) is 28.7 Å². The Hall–Kier alpha value is -8.36. The maximum absolute atomic E-state index is 18.4. The number of methoxy groups -OCH3 is 4. The van der Waals surface area contributed by atoms with Gasteiger partial charge in [-0.1, -0.05) is 60.1 Å². The summed E-state index contributed by atoms with van der Waals surface area (Å²) in [6.45, 7) is 3.40. The van der Waals surface area contributed by atoms with Crippen LogP contribution in [-0.2, 0) is 37.1 Å². The van der Waals surface area contributed by atoms with Crippen LogP contribution in [0.15, 0.2) is 139 Å². The molecule has 0 aliphatic carbocycles. The molecule has 0 spiro atoms. The molecule has 0 amide bonds. The van der Waals surface area contributed by atoms with Crippen molar-refractivity contribution in [1.29, 1.82) is 0 Å². The summed E-state index contributed by atoms with van der Waals surface area (Å²) in [6.07, 6.45) is -0.709. The zero-order valence-electron chi connectivity index (χ0n) is 46.7. The second kappa shape index (κ2) is 24.2. The number of ether oxygens (including phenoxy) is 6. The van der Waals surface area contributed by atoms with Gasteiger partial charge in [0.1, 0.15) is 47.9 Å². The molecule has 2 atom stereocenters. The zero-order chi connectivity index (χ0) is 58.7. The monoisotopic (exact) mass is 1160 g/mol. The summed E-state index contributed by atoms with van der Waals surface area (Å²) in [5, 5.41) is 2.68. The highest BCUT2D eigenvalue weighted by molar-refractivity contribution is 6.33. The van der Waals surface area contributed by atoms with E-state index in [0.29, 0.717) is 41.7 Å². The van der Waals surface area contributed by atoms with Crippen LogP contribution >= 0.6 is 11.6 Å². The molecule has 2 aromatic heterocycles. The van der Waals surface area contributed by atoms with Gasteiger partial charge in [0.05, 0.1) is 91.5 Å². The summed E-state index contributed by atoms with van der Waals surface area (Å²) < 4.78 is 129. The minimum atomic E-state index is -5.07. The SMILES string of the molecule is COc1ccc(CN(Cc2ccc(OC)cc2)c2cncc(C(C)N3C=C(OC[C@@H]4CC(F)(F)CN4C)Oc4c(F)c(-c5nc(N(Cc6ccc(OC)cc6)Cc6ccc(OC)cc6)cc(C)c5C(F)(F)F)c(Cl)c5c4=C3NCN=5)c2)cc1. The summed E-state index contributed by atoms with van der Waals surface area (Å²) in [6, 6.07) is 31.7. The third kappa shape index (κ3) is 12.7. The number of hydrogen-bond acceptors (Lipinski definition) is 14. The average Bonchev–Trinajstić information content (AvgIpc) is 3.09. The van der Waals surface area contributed by atoms with Gasteiger partial charge in [-0.2, -0.15) is 13.2 Å². The van der Waals surface area contributed by atoms with Crippen molar-refractivity contribution in [1.82, 2.24) is 25.1 Å². The lowest BCUT2D eigenvalue weighted by atomic mass is 9.98. The van der Waals surface area contributed by atoms with E-state index in [2.05, 4.69) is 15.2 Å². The Labute approximate surface area is 481 Å². The van der Waals surface area contributed by atoms with Crippen molar-refractivity contribution in [2.24, 2.45) is 4.99 Å². The van der Waals surface area contributed by atoms with E-state index in [-0.39, 0.29) is 60.1 Å². The van der Waals surface area contributed by atoms with Crippen molar-refractivity contribution in [2.75, 3.05) is 65.1 Å². The van der Waals surface area contributed by atoms with Crippen molar-refractivity contribution in [2.45, 2.75) is 70.6 Å². The molecule has 83 heavy (non-hydrogen) atoms. The first-order valence-corrected chi connectivity index (χ1v) is 27.0. The highest BCUT2D eigenvalue weighted by atomic mass is 35.5. The van der Waals surface area contributed by atoms with Gasteiger partial charge in [0.25, 0.3) is 5.92 Å². The standard InChI is InChI=1S/C62H61ClF6N8O6/c1-37-24-50(76(31-41-12-20-48(80-6)21-13-41)32-42-14-22-49(81-7)23-15-42)73-57(54(37)62(67,68)69)52-55(63)58-53-59(56(52)64)83-51(82-34-45-26-61(65,66)35-74(45)3)33-77(60(53)72-36-71-58)38(2)43-25-44(28-70-27-43)75(29-39-8-16-46(78-4)17-9-39)30-40-10-18-47(79-5)19-11-40/h8-25,27-28,33,38,45,72H,26,29-32,34-36H2,1-7H3/t38?,45-/m0/s1. The highest BCUT2D eigenvalue weighted by Crippen LogP contribution is 2.45. The zero-order valence-corrected chi connectivity index (χ0v) is 47.4. The lowest BCUT2D eigenvalue weighted by molar-refractivity contribution is -0.137. The molecule has 10 rings (SSSR count). The number of aryl methyl sites for hydroxylation is 1. The first kappa shape index (κ1) is 57.9. The van der Waals surface area contributed by atoms with Gasteiger partial charge in [0, 0.05) is 44.8 Å². The molecule has 1 fully saturated rings. The number of likely N-dealkylation sites (N-methyl/N-ethyl adjacent to an activating group) is 1. The molecule has 1 unspecified atom stereocenters. The van der Waals surface area contributed by atoms with Crippen LogP contribution < -0.4 is 49.4 Å². The second-order valence-electron chi connectivity index (χ2n) is 20.6. The van der Waals surface area contributed by atoms with E-state index in [1.165, 1.54) is 24.1 Å². The number of nitrogens with one attached hydrogen (secondary N) is 1. The van der Waals surface area contributed by atoms with E-state index in [4.69, 9.17) is 50.0 Å². The van der Waals surface area contributed by atoms with Crippen molar-refractivity contribution in [3.8, 4) is 40.0 Å². The Morgan fingerprint density at radius 2 is 1.29 bits per heavy atom. The van der Waals surface area contributed by atoms with Crippen LogP contribution in [0.3, 0.4) is 0 Å². The predicted octanol–water partition coefficient (Wildman–Crippen LogP) is 11.6. The minimum absolute atomic E-state index is 0.0273. The number of rotatable bonds is 20. The van der Waals surface area contributed by atoms with E-state index in [9.17, 15) is 8.78 Å². The molecule has 7 aromatic rings. The molecular weight excluding hydrogens is 1100 g/mol. The predicted molar refractivity (Wildman–Crippen MR) is 303 cm³/mol. The topological polar surface area (TPSA) is 119 Å². The molecule has 21 heteroatoms. The van der Waals surface area contributed by atoms with E-state index >= 15 is 17.6 Å². The van der Waals surface area contributed by atoms with Crippen LogP contribution in [0.25, 0.3) is 17.1 Å². The van der Waals surface area contributed by atoms with E-state index < -0.39 is 70.6 Å². The van der Waals surface area contributed by atoms with Gasteiger partial charge < -0.3 is 48.4 Å². The third-order valence-electron chi connectivity index (χ3n) is 15.0. The lowest BCUT2D eigenvalue weighted by Gasteiger charge is -2.32. The van der Waals surface area contributed by atoms with Crippen molar-refractivity contribution in [3.05, 3.63) is 194 Å². The second-order valence-corrected chi connectivity index (χ2v) is 20.9. The van der Waals surface area contributed by atoms with E-state index in [0.717, 1.165) is 27.9 Å². The summed E-state index contributed by atoms with van der Waals surface area (Å²) in [4.78, 5) is 21.2. The number of anilines is 2. The van der Waals surface area contributed by atoms with E-state index in [1.54, 1.807) is 81.9 Å². The number of alkyl halides is 5. The quantitative estimate of drug-likeness (QED) is 0.0730. The van der Waals surface area contributed by atoms with Crippen LogP contribution in [0, 0.1) is 12.7 Å². The van der Waals surface area contributed by atoms with Gasteiger partial charge >= 0.3 is 12.1 Å². The molecule has 1 N–H and O–H groups in total. The maximum atomic E-state index is 18.4. The maximum Gasteiger partial charge on any atom is 0.418 e. The van der Waals surface area contributed by atoms with Gasteiger partial charge in [-0.05, 0) is 115 Å². The van der Waals surface area contributed by atoms with Gasteiger partial charge in [-0.3, -0.25) is 14.9 Å². The van der Waals surface area contributed by atoms with Gasteiger partial charge in [0.2, 0.25) is 0 Å². The summed E-state index contributed by atoms with van der Waals surface area (Å²) in [5.74, 6) is -2.33. The lowest BCUT2D eigenvalue weighted by Crippen LogP contribution is -2.45. The fourth-order valence-electron chi connectivity index (χ4n) is 10.6. The summed E-state index contributed by atoms with van der Waals surface area (Å²) in [7, 11) is 7.84. The summed E-state index contributed by atoms with van der Waals surface area (Å²) >= 11 is 7.31. The van der Waals surface area contributed by atoms with Crippen LogP contribution in [-0.4, -0.2) is 87.0 Å². The molecule has 0 saturated carbocycles. The fraction of sp³-hybridized carbons (Fsp3) is 0.306. The number of halogens is 7. The number of pyridine rings is 2. The third-order valence-corrected chi connectivity index (χ3v) is 15.3. The van der Waals surface area contributed by atoms with Gasteiger partial charge in [-0.15, -0.1) is 0 Å². The van der Waals surface area contributed by atoms with Crippen molar-refractivity contribution >= 4 is 28.9 Å². The number of benzene rings is 5. The van der Waals surface area contributed by atoms with Crippen molar-refractivity contribution < 1.29 is 54.8 Å². The van der Waals surface area contributed by atoms with Crippen molar-refractivity contribution in [3.63, 3.8) is 0 Å².